The molecule has 0 bridgehead atoms. The standard InChI is InChI=1S/C27H41NO8/c1-18-19(2)25(32-15-11-10-14-23(30)36-27(4,5)6)35-22(24(18)34-20(3)29)17-33-26(31)28-16-21-12-8-7-9-13-21/h7-9,12-13,18-19,22,24-25H,10-11,14-17H2,1-6H3,(H,28,31). The highest BCUT2D eigenvalue weighted by Crippen LogP contribution is 2.33. The molecule has 2 rings (SSSR count). The van der Waals surface area contributed by atoms with Gasteiger partial charge in [-0.15, -0.1) is 0 Å². The van der Waals surface area contributed by atoms with Crippen LogP contribution in [0.5, 0.6) is 0 Å². The van der Waals surface area contributed by atoms with E-state index in [1.807, 2.05) is 65.0 Å². The van der Waals surface area contributed by atoms with E-state index in [2.05, 4.69) is 5.32 Å². The minimum Gasteiger partial charge on any atom is -0.460 e. The molecule has 1 aliphatic rings. The van der Waals surface area contributed by atoms with Crippen LogP contribution in [0.4, 0.5) is 4.79 Å². The predicted octanol–water partition coefficient (Wildman–Crippen LogP) is 4.37. The van der Waals surface area contributed by atoms with Crippen molar-refractivity contribution in [2.24, 2.45) is 11.8 Å². The lowest BCUT2D eigenvalue weighted by Gasteiger charge is -2.43. The first-order chi connectivity index (χ1) is 17.0. The first-order valence-electron chi connectivity index (χ1n) is 12.6. The highest BCUT2D eigenvalue weighted by Gasteiger charge is 2.44. The lowest BCUT2D eigenvalue weighted by atomic mass is 9.84. The molecule has 5 unspecified atom stereocenters. The molecule has 0 saturated carbocycles. The molecule has 0 spiro atoms. The van der Waals surface area contributed by atoms with Gasteiger partial charge in [-0.3, -0.25) is 9.59 Å². The Morgan fingerprint density at radius 3 is 2.36 bits per heavy atom. The third kappa shape index (κ3) is 10.5. The lowest BCUT2D eigenvalue weighted by Crippen LogP contribution is -2.53. The molecular formula is C27H41NO8. The molecule has 9 heteroatoms. The van der Waals surface area contributed by atoms with Crippen LogP contribution in [0.1, 0.15) is 66.4 Å². The van der Waals surface area contributed by atoms with Crippen molar-refractivity contribution in [1.29, 1.82) is 0 Å². The number of carbonyl (C=O) groups excluding carboxylic acids is 3. The van der Waals surface area contributed by atoms with Gasteiger partial charge in [0.1, 0.15) is 24.4 Å². The minimum atomic E-state index is -0.672. The number of ether oxygens (including phenoxy) is 5. The second kappa shape index (κ2) is 14.2. The fourth-order valence-electron chi connectivity index (χ4n) is 3.90. The van der Waals surface area contributed by atoms with E-state index in [-0.39, 0.29) is 24.4 Å². The van der Waals surface area contributed by atoms with Gasteiger partial charge in [0.25, 0.3) is 0 Å². The van der Waals surface area contributed by atoms with Gasteiger partial charge in [-0.05, 0) is 39.2 Å². The Morgan fingerprint density at radius 1 is 1.03 bits per heavy atom. The van der Waals surface area contributed by atoms with Gasteiger partial charge >= 0.3 is 18.0 Å². The maximum atomic E-state index is 12.2. The first-order valence-corrected chi connectivity index (χ1v) is 12.6. The van der Waals surface area contributed by atoms with Gasteiger partial charge in [-0.25, -0.2) is 4.79 Å². The number of esters is 2. The summed E-state index contributed by atoms with van der Waals surface area (Å²) >= 11 is 0. The Kier molecular flexibility index (Phi) is 11.7. The predicted molar refractivity (Wildman–Crippen MR) is 133 cm³/mol. The van der Waals surface area contributed by atoms with Crippen molar-refractivity contribution in [2.75, 3.05) is 13.2 Å². The van der Waals surface area contributed by atoms with Gasteiger partial charge < -0.3 is 29.0 Å². The van der Waals surface area contributed by atoms with E-state index < -0.39 is 36.2 Å². The van der Waals surface area contributed by atoms with Crippen molar-refractivity contribution >= 4 is 18.0 Å². The van der Waals surface area contributed by atoms with Crippen molar-refractivity contribution in [3.8, 4) is 0 Å². The summed E-state index contributed by atoms with van der Waals surface area (Å²) in [6.07, 6.45) is -0.779. The molecule has 1 amide bonds. The molecule has 0 radical (unpaired) electrons. The normalized spacial score (nSPS) is 24.0. The van der Waals surface area contributed by atoms with E-state index in [0.29, 0.717) is 32.4 Å². The Hall–Kier alpha value is -2.65. The molecule has 0 aliphatic carbocycles. The molecule has 5 atom stereocenters. The van der Waals surface area contributed by atoms with Crippen LogP contribution in [0, 0.1) is 11.8 Å². The fraction of sp³-hybridized carbons (Fsp3) is 0.667. The maximum Gasteiger partial charge on any atom is 0.407 e. The van der Waals surface area contributed by atoms with Gasteiger partial charge in [-0.2, -0.15) is 0 Å². The zero-order chi connectivity index (χ0) is 26.7. The quantitative estimate of drug-likeness (QED) is 0.267. The van der Waals surface area contributed by atoms with Crippen LogP contribution in [0.25, 0.3) is 0 Å². The van der Waals surface area contributed by atoms with Crippen LogP contribution in [-0.4, -0.2) is 55.3 Å². The second-order valence-electron chi connectivity index (χ2n) is 10.2. The van der Waals surface area contributed by atoms with Crippen LogP contribution in [0.3, 0.4) is 0 Å². The number of carbonyl (C=O) groups is 3. The van der Waals surface area contributed by atoms with E-state index >= 15 is 0 Å². The third-order valence-corrected chi connectivity index (χ3v) is 5.89. The van der Waals surface area contributed by atoms with Gasteiger partial charge in [0.2, 0.25) is 0 Å². The Morgan fingerprint density at radius 2 is 1.72 bits per heavy atom. The molecule has 1 aromatic rings. The topological polar surface area (TPSA) is 109 Å². The number of alkyl carbamates (subject to hydrolysis) is 1. The molecule has 1 aromatic carbocycles. The highest BCUT2D eigenvalue weighted by molar-refractivity contribution is 5.69. The number of amides is 1. The van der Waals surface area contributed by atoms with Gasteiger partial charge in [0.15, 0.2) is 6.29 Å². The van der Waals surface area contributed by atoms with Crippen molar-refractivity contribution < 1.29 is 38.1 Å². The molecule has 1 aliphatic heterocycles. The van der Waals surface area contributed by atoms with Crippen LogP contribution >= 0.6 is 0 Å². The second-order valence-corrected chi connectivity index (χ2v) is 10.2. The van der Waals surface area contributed by atoms with E-state index in [9.17, 15) is 14.4 Å². The van der Waals surface area contributed by atoms with Crippen LogP contribution in [0.15, 0.2) is 30.3 Å². The molecule has 1 N–H and O–H groups in total. The number of benzene rings is 1. The molecular weight excluding hydrogens is 466 g/mol. The van der Waals surface area contributed by atoms with Crippen molar-refractivity contribution in [3.63, 3.8) is 0 Å². The summed E-state index contributed by atoms with van der Waals surface area (Å²) in [7, 11) is 0. The van der Waals surface area contributed by atoms with E-state index in [1.54, 1.807) is 0 Å². The van der Waals surface area contributed by atoms with E-state index in [4.69, 9.17) is 23.7 Å². The Balaban J connectivity index is 1.85. The summed E-state index contributed by atoms with van der Waals surface area (Å²) in [5, 5.41) is 2.70. The van der Waals surface area contributed by atoms with Crippen molar-refractivity contribution in [1.82, 2.24) is 5.32 Å². The summed E-state index contributed by atoms with van der Waals surface area (Å²) in [6.45, 7) is 11.4. The molecule has 202 valence electrons. The molecule has 0 aromatic heterocycles. The summed E-state index contributed by atoms with van der Waals surface area (Å²) < 4.78 is 28.3. The average molecular weight is 508 g/mol. The summed E-state index contributed by atoms with van der Waals surface area (Å²) in [5.74, 6) is -0.813. The molecule has 36 heavy (non-hydrogen) atoms. The molecule has 1 fully saturated rings. The average Bonchev–Trinajstić information content (AvgIpc) is 2.80. The van der Waals surface area contributed by atoms with E-state index in [1.165, 1.54) is 6.92 Å². The van der Waals surface area contributed by atoms with Crippen molar-refractivity contribution in [3.05, 3.63) is 35.9 Å². The zero-order valence-electron chi connectivity index (χ0n) is 22.3. The van der Waals surface area contributed by atoms with Crippen LogP contribution < -0.4 is 5.32 Å². The number of hydrogen-bond donors (Lipinski definition) is 1. The van der Waals surface area contributed by atoms with Crippen molar-refractivity contribution in [2.45, 2.75) is 91.4 Å². The van der Waals surface area contributed by atoms with Gasteiger partial charge in [-0.1, -0.05) is 44.2 Å². The number of nitrogens with one attached hydrogen (secondary N) is 1. The zero-order valence-corrected chi connectivity index (χ0v) is 22.3. The third-order valence-electron chi connectivity index (χ3n) is 5.89. The highest BCUT2D eigenvalue weighted by atomic mass is 16.7. The Bertz CT molecular complexity index is 838. The van der Waals surface area contributed by atoms with E-state index in [0.717, 1.165) is 5.56 Å². The maximum absolute atomic E-state index is 12.2. The van der Waals surface area contributed by atoms with Gasteiger partial charge in [0, 0.05) is 38.3 Å². The molecule has 1 saturated heterocycles. The SMILES string of the molecule is CC(=O)OC1C(COC(=O)NCc2ccccc2)OC(OCCCCC(=O)OC(C)(C)C)C(C)C1C. The van der Waals surface area contributed by atoms with Gasteiger partial charge in [0.05, 0.1) is 0 Å². The summed E-state index contributed by atoms with van der Waals surface area (Å²) in [6, 6.07) is 9.49. The Labute approximate surface area is 214 Å². The smallest absolute Gasteiger partial charge is 0.407 e. The fourth-order valence-corrected chi connectivity index (χ4v) is 3.90. The lowest BCUT2D eigenvalue weighted by molar-refractivity contribution is -0.272. The van der Waals surface area contributed by atoms with Crippen LogP contribution in [0.2, 0.25) is 0 Å². The number of rotatable bonds is 11. The first kappa shape index (κ1) is 29.6. The summed E-state index contributed by atoms with van der Waals surface area (Å²) in [5.41, 5.74) is 0.451. The number of unbranched alkanes of at least 4 members (excludes halogenated alkanes) is 1. The summed E-state index contributed by atoms with van der Waals surface area (Å²) in [4.78, 5) is 35.8. The number of hydrogen-bond acceptors (Lipinski definition) is 8. The largest absolute Gasteiger partial charge is 0.460 e. The monoisotopic (exact) mass is 507 g/mol. The molecule has 1 heterocycles. The van der Waals surface area contributed by atoms with Crippen LogP contribution in [-0.2, 0) is 39.8 Å². The minimum absolute atomic E-state index is 0.0663. The molecule has 9 nitrogen and oxygen atoms in total.